The van der Waals surface area contributed by atoms with Gasteiger partial charge >= 0.3 is 0 Å². The average molecular weight is 494 g/mol. The van der Waals surface area contributed by atoms with E-state index >= 15 is 0 Å². The zero-order valence-corrected chi connectivity index (χ0v) is 20.8. The van der Waals surface area contributed by atoms with Gasteiger partial charge in [-0.25, -0.2) is 9.97 Å². The van der Waals surface area contributed by atoms with Crippen molar-refractivity contribution in [1.29, 1.82) is 0 Å². The van der Waals surface area contributed by atoms with Gasteiger partial charge in [-0.05, 0) is 37.3 Å². The van der Waals surface area contributed by atoms with Crippen LogP contribution in [0.25, 0.3) is 10.9 Å². The van der Waals surface area contributed by atoms with Crippen LogP contribution in [0.2, 0.25) is 0 Å². The SMILES string of the molecule is C[C@H](Sc1nc(CN2CCOCC2)nc2ccccc12)C(=O)Nc1ccc(N2CCOCC2)cc1. The highest BCUT2D eigenvalue weighted by molar-refractivity contribution is 8.00. The minimum Gasteiger partial charge on any atom is -0.379 e. The summed E-state index contributed by atoms with van der Waals surface area (Å²) in [7, 11) is 0. The molecule has 0 spiro atoms. The molecule has 1 aromatic heterocycles. The van der Waals surface area contributed by atoms with E-state index in [1.807, 2.05) is 43.3 Å². The summed E-state index contributed by atoms with van der Waals surface area (Å²) in [4.78, 5) is 27.3. The number of hydrogen-bond donors (Lipinski definition) is 1. The van der Waals surface area contributed by atoms with Crippen molar-refractivity contribution >= 4 is 39.9 Å². The molecule has 5 rings (SSSR count). The number of aromatic nitrogens is 2. The molecule has 0 saturated carbocycles. The summed E-state index contributed by atoms with van der Waals surface area (Å²) >= 11 is 1.47. The third kappa shape index (κ3) is 6.10. The second kappa shape index (κ2) is 11.3. The Bertz CT molecular complexity index is 1150. The van der Waals surface area contributed by atoms with Gasteiger partial charge in [-0.3, -0.25) is 9.69 Å². The largest absolute Gasteiger partial charge is 0.379 e. The first-order valence-electron chi connectivity index (χ1n) is 12.1. The van der Waals surface area contributed by atoms with E-state index < -0.39 is 0 Å². The standard InChI is InChI=1S/C26H31N5O3S/c1-19(25(32)27-20-6-8-21(9-7-20)31-12-16-34-17-13-31)35-26-22-4-2-3-5-23(22)28-24(29-26)18-30-10-14-33-15-11-30/h2-9,19H,10-18H2,1H3,(H,27,32)/t19-/m0/s1. The predicted molar refractivity (Wildman–Crippen MR) is 139 cm³/mol. The summed E-state index contributed by atoms with van der Waals surface area (Å²) in [6.07, 6.45) is 0. The lowest BCUT2D eigenvalue weighted by Gasteiger charge is -2.29. The number of fused-ring (bicyclic) bond motifs is 1. The van der Waals surface area contributed by atoms with Crippen molar-refractivity contribution in [3.63, 3.8) is 0 Å². The lowest BCUT2D eigenvalue weighted by atomic mass is 10.2. The Morgan fingerprint density at radius 1 is 0.971 bits per heavy atom. The summed E-state index contributed by atoms with van der Waals surface area (Å²) < 4.78 is 10.9. The van der Waals surface area contributed by atoms with Crippen LogP contribution in [0.5, 0.6) is 0 Å². The molecule has 0 radical (unpaired) electrons. The van der Waals surface area contributed by atoms with Crippen molar-refractivity contribution in [2.24, 2.45) is 0 Å². The maximum absolute atomic E-state index is 13.0. The number of hydrogen-bond acceptors (Lipinski definition) is 8. The first-order valence-corrected chi connectivity index (χ1v) is 13.0. The van der Waals surface area contributed by atoms with E-state index in [4.69, 9.17) is 19.4 Å². The van der Waals surface area contributed by atoms with Crippen molar-refractivity contribution in [2.45, 2.75) is 23.7 Å². The predicted octanol–water partition coefficient (Wildman–Crippen LogP) is 3.42. The summed E-state index contributed by atoms with van der Waals surface area (Å²) in [5.74, 6) is 0.728. The molecule has 2 saturated heterocycles. The van der Waals surface area contributed by atoms with E-state index in [1.54, 1.807) is 0 Å². The molecule has 8 nitrogen and oxygen atoms in total. The molecule has 9 heteroatoms. The summed E-state index contributed by atoms with van der Waals surface area (Å²) in [5, 5.41) is 4.54. The second-order valence-corrected chi connectivity index (χ2v) is 10.1. The molecular formula is C26H31N5O3S. The van der Waals surface area contributed by atoms with Crippen LogP contribution in [0, 0.1) is 0 Å². The number of para-hydroxylation sites is 1. The molecular weight excluding hydrogens is 462 g/mol. The second-order valence-electron chi connectivity index (χ2n) is 8.75. The molecule has 2 aromatic carbocycles. The van der Waals surface area contributed by atoms with E-state index in [1.165, 1.54) is 11.8 Å². The molecule has 1 amide bonds. The monoisotopic (exact) mass is 493 g/mol. The van der Waals surface area contributed by atoms with Gasteiger partial charge in [0.2, 0.25) is 5.91 Å². The van der Waals surface area contributed by atoms with Crippen molar-refractivity contribution in [1.82, 2.24) is 14.9 Å². The van der Waals surface area contributed by atoms with Crippen molar-refractivity contribution < 1.29 is 14.3 Å². The number of anilines is 2. The molecule has 3 aromatic rings. The zero-order chi connectivity index (χ0) is 24.0. The normalized spacial score (nSPS) is 17.9. The summed E-state index contributed by atoms with van der Waals surface area (Å²) in [5.41, 5.74) is 2.84. The summed E-state index contributed by atoms with van der Waals surface area (Å²) in [6, 6.07) is 16.0. The quantitative estimate of drug-likeness (QED) is 0.396. The maximum atomic E-state index is 13.0. The number of benzene rings is 2. The molecule has 2 aliphatic heterocycles. The van der Waals surface area contributed by atoms with Gasteiger partial charge in [-0.1, -0.05) is 30.0 Å². The third-order valence-corrected chi connectivity index (χ3v) is 7.35. The number of rotatable bonds is 7. The number of morpholine rings is 2. The van der Waals surface area contributed by atoms with Crippen LogP contribution < -0.4 is 10.2 Å². The highest BCUT2D eigenvalue weighted by Gasteiger charge is 2.20. The van der Waals surface area contributed by atoms with E-state index in [9.17, 15) is 4.79 Å². The fourth-order valence-corrected chi connectivity index (χ4v) is 5.21. The fraction of sp³-hybridized carbons (Fsp3) is 0.423. The van der Waals surface area contributed by atoms with Gasteiger partial charge in [0.1, 0.15) is 10.9 Å². The van der Waals surface area contributed by atoms with E-state index in [-0.39, 0.29) is 11.2 Å². The number of nitrogens with one attached hydrogen (secondary N) is 1. The number of thioether (sulfide) groups is 1. The average Bonchev–Trinajstić information content (AvgIpc) is 2.90. The number of nitrogens with zero attached hydrogens (tertiary/aromatic N) is 4. The Hall–Kier alpha value is -2.72. The van der Waals surface area contributed by atoms with Gasteiger partial charge in [0.25, 0.3) is 0 Å². The Kier molecular flexibility index (Phi) is 7.78. The van der Waals surface area contributed by atoms with E-state index in [0.29, 0.717) is 6.54 Å². The van der Waals surface area contributed by atoms with Gasteiger partial charge in [0.05, 0.1) is 43.7 Å². The van der Waals surface area contributed by atoms with Gasteiger partial charge in [-0.2, -0.15) is 0 Å². The summed E-state index contributed by atoms with van der Waals surface area (Å²) in [6.45, 7) is 9.10. The molecule has 1 atom stereocenters. The Morgan fingerprint density at radius 2 is 1.66 bits per heavy atom. The number of carbonyl (C=O) groups is 1. The van der Waals surface area contributed by atoms with Crippen molar-refractivity contribution in [2.75, 3.05) is 62.8 Å². The molecule has 35 heavy (non-hydrogen) atoms. The number of carbonyl (C=O) groups excluding carboxylic acids is 1. The Balaban J connectivity index is 1.26. The van der Waals surface area contributed by atoms with Crippen LogP contribution in [0.3, 0.4) is 0 Å². The molecule has 1 N–H and O–H groups in total. The molecule has 184 valence electrons. The molecule has 2 fully saturated rings. The lowest BCUT2D eigenvalue weighted by molar-refractivity contribution is -0.115. The molecule has 0 aliphatic carbocycles. The first-order chi connectivity index (χ1) is 17.2. The molecule has 3 heterocycles. The Labute approximate surface area is 210 Å². The molecule has 0 bridgehead atoms. The topological polar surface area (TPSA) is 79.8 Å². The highest BCUT2D eigenvalue weighted by atomic mass is 32.2. The van der Waals surface area contributed by atoms with E-state index in [0.717, 1.165) is 85.7 Å². The smallest absolute Gasteiger partial charge is 0.237 e. The van der Waals surface area contributed by atoms with Crippen LogP contribution >= 0.6 is 11.8 Å². The van der Waals surface area contributed by atoms with E-state index in [2.05, 4.69) is 27.2 Å². The Morgan fingerprint density at radius 3 is 2.40 bits per heavy atom. The van der Waals surface area contributed by atoms with Crippen LogP contribution in [0.4, 0.5) is 11.4 Å². The van der Waals surface area contributed by atoms with Crippen molar-refractivity contribution in [3.8, 4) is 0 Å². The number of amides is 1. The zero-order valence-electron chi connectivity index (χ0n) is 20.0. The van der Waals surface area contributed by atoms with Gasteiger partial charge in [-0.15, -0.1) is 0 Å². The molecule has 2 aliphatic rings. The maximum Gasteiger partial charge on any atom is 0.237 e. The number of ether oxygens (including phenoxy) is 2. The molecule has 0 unspecified atom stereocenters. The third-order valence-electron chi connectivity index (χ3n) is 6.25. The van der Waals surface area contributed by atoms with Gasteiger partial charge < -0.3 is 19.7 Å². The van der Waals surface area contributed by atoms with Gasteiger partial charge in [0, 0.05) is 42.9 Å². The van der Waals surface area contributed by atoms with Crippen LogP contribution in [0.15, 0.2) is 53.6 Å². The van der Waals surface area contributed by atoms with Crippen molar-refractivity contribution in [3.05, 3.63) is 54.4 Å². The van der Waals surface area contributed by atoms with Crippen LogP contribution in [0.1, 0.15) is 12.7 Å². The van der Waals surface area contributed by atoms with Crippen LogP contribution in [-0.2, 0) is 20.8 Å². The minimum atomic E-state index is -0.316. The van der Waals surface area contributed by atoms with Crippen LogP contribution in [-0.4, -0.2) is 78.6 Å². The highest BCUT2D eigenvalue weighted by Crippen LogP contribution is 2.30. The lowest BCUT2D eigenvalue weighted by Crippen LogP contribution is -2.36. The fourth-order valence-electron chi connectivity index (χ4n) is 4.26. The minimum absolute atomic E-state index is 0.0495. The first kappa shape index (κ1) is 24.0. The van der Waals surface area contributed by atoms with Gasteiger partial charge in [0.15, 0.2) is 0 Å².